The third-order valence-electron chi connectivity index (χ3n) is 3.35. The zero-order chi connectivity index (χ0) is 14.8. The number of hydrogen-bond donors (Lipinski definition) is 3. The average Bonchev–Trinajstić information content (AvgIpc) is 2.38. The van der Waals surface area contributed by atoms with Gasteiger partial charge in [-0.1, -0.05) is 0 Å². The Morgan fingerprint density at radius 2 is 2.25 bits per heavy atom. The van der Waals surface area contributed by atoms with E-state index in [1.54, 1.807) is 12.1 Å². The molecule has 0 radical (unpaired) electrons. The lowest BCUT2D eigenvalue weighted by Crippen LogP contribution is -2.45. The van der Waals surface area contributed by atoms with Crippen molar-refractivity contribution in [3.8, 4) is 5.75 Å². The van der Waals surface area contributed by atoms with Crippen molar-refractivity contribution < 1.29 is 19.4 Å². The number of carboxylic acids is 1. The first-order chi connectivity index (χ1) is 9.38. The number of aryl methyl sites for hydroxylation is 1. The van der Waals surface area contributed by atoms with Gasteiger partial charge < -0.3 is 20.9 Å². The summed E-state index contributed by atoms with van der Waals surface area (Å²) in [5, 5.41) is 11.7. The second-order valence-electron chi connectivity index (χ2n) is 5.19. The first-order valence-electron chi connectivity index (χ1n) is 6.46. The van der Waals surface area contributed by atoms with Crippen LogP contribution in [0.5, 0.6) is 5.75 Å². The first-order valence-corrected chi connectivity index (χ1v) is 6.46. The van der Waals surface area contributed by atoms with Crippen molar-refractivity contribution in [1.82, 2.24) is 0 Å². The van der Waals surface area contributed by atoms with Gasteiger partial charge in [-0.3, -0.25) is 9.59 Å². The Morgan fingerprint density at radius 1 is 1.50 bits per heavy atom. The minimum Gasteiger partial charge on any atom is -0.493 e. The van der Waals surface area contributed by atoms with Gasteiger partial charge in [0.1, 0.15) is 11.3 Å². The maximum absolute atomic E-state index is 11.2. The fraction of sp³-hybridized carbons (Fsp3) is 0.429. The highest BCUT2D eigenvalue weighted by atomic mass is 16.5. The molecule has 0 bridgehead atoms. The summed E-state index contributed by atoms with van der Waals surface area (Å²) in [6.07, 6.45) is 1.37. The number of aliphatic carboxylic acids is 1. The van der Waals surface area contributed by atoms with Crippen molar-refractivity contribution in [3.63, 3.8) is 0 Å². The Morgan fingerprint density at radius 3 is 2.95 bits per heavy atom. The molecule has 0 fully saturated rings. The zero-order valence-corrected chi connectivity index (χ0v) is 11.3. The highest BCUT2D eigenvalue weighted by Crippen LogP contribution is 2.27. The smallest absolute Gasteiger partial charge is 0.323 e. The number of rotatable bonds is 5. The minimum absolute atomic E-state index is 0.0199. The molecule has 0 aliphatic carbocycles. The maximum Gasteiger partial charge on any atom is 0.323 e. The highest BCUT2D eigenvalue weighted by molar-refractivity contribution is 5.94. The van der Waals surface area contributed by atoms with Crippen LogP contribution >= 0.6 is 0 Å². The molecular weight excluding hydrogens is 260 g/mol. The summed E-state index contributed by atoms with van der Waals surface area (Å²) in [4.78, 5) is 22.1. The average molecular weight is 278 g/mol. The number of nitrogens with two attached hydrogens (primary N) is 1. The number of anilines is 1. The SMILES string of the molecule is CC(N)(CCOc1ccc2c(c1)CCC(=O)N2)C(=O)O. The van der Waals surface area contributed by atoms with Gasteiger partial charge in [0.2, 0.25) is 5.91 Å². The van der Waals surface area contributed by atoms with Crippen molar-refractivity contribution in [3.05, 3.63) is 23.8 Å². The molecule has 1 aromatic carbocycles. The van der Waals surface area contributed by atoms with E-state index >= 15 is 0 Å². The summed E-state index contributed by atoms with van der Waals surface area (Å²) in [7, 11) is 0. The van der Waals surface area contributed by atoms with Crippen molar-refractivity contribution in [2.24, 2.45) is 5.73 Å². The van der Waals surface area contributed by atoms with Crippen LogP contribution in [0.2, 0.25) is 0 Å². The Bertz CT molecular complexity index is 540. The molecule has 6 heteroatoms. The monoisotopic (exact) mass is 278 g/mol. The summed E-state index contributed by atoms with van der Waals surface area (Å²) in [5.74, 6) is -0.373. The van der Waals surface area contributed by atoms with Crippen molar-refractivity contribution in [2.75, 3.05) is 11.9 Å². The molecule has 0 saturated heterocycles. The molecule has 1 amide bonds. The minimum atomic E-state index is -1.29. The number of benzene rings is 1. The van der Waals surface area contributed by atoms with E-state index in [4.69, 9.17) is 15.6 Å². The molecule has 2 rings (SSSR count). The Kier molecular flexibility index (Phi) is 3.94. The van der Waals surface area contributed by atoms with Gasteiger partial charge in [-0.15, -0.1) is 0 Å². The van der Waals surface area contributed by atoms with Gasteiger partial charge in [-0.25, -0.2) is 0 Å². The van der Waals surface area contributed by atoms with Crippen LogP contribution in [-0.2, 0) is 16.0 Å². The quantitative estimate of drug-likeness (QED) is 0.749. The number of carbonyl (C=O) groups excluding carboxylic acids is 1. The number of carbonyl (C=O) groups is 2. The summed E-state index contributed by atoms with van der Waals surface area (Å²) in [5.41, 5.74) is 6.17. The molecule has 0 spiro atoms. The van der Waals surface area contributed by atoms with Crippen LogP contribution in [0.3, 0.4) is 0 Å². The van der Waals surface area contributed by atoms with E-state index < -0.39 is 11.5 Å². The molecule has 1 heterocycles. The van der Waals surface area contributed by atoms with Crippen LogP contribution in [-0.4, -0.2) is 29.1 Å². The van der Waals surface area contributed by atoms with Gasteiger partial charge in [0.25, 0.3) is 0 Å². The third kappa shape index (κ3) is 3.27. The fourth-order valence-electron chi connectivity index (χ4n) is 1.94. The molecule has 4 N–H and O–H groups in total. The zero-order valence-electron chi connectivity index (χ0n) is 11.3. The van der Waals surface area contributed by atoms with Gasteiger partial charge in [0.05, 0.1) is 6.61 Å². The number of ether oxygens (including phenoxy) is 1. The summed E-state index contributed by atoms with van der Waals surface area (Å²) in [6.45, 7) is 1.69. The largest absolute Gasteiger partial charge is 0.493 e. The lowest BCUT2D eigenvalue weighted by molar-refractivity contribution is -0.143. The number of hydrogen-bond acceptors (Lipinski definition) is 4. The second kappa shape index (κ2) is 5.50. The molecule has 1 aromatic rings. The molecule has 108 valence electrons. The van der Waals surface area contributed by atoms with Gasteiger partial charge in [0, 0.05) is 18.5 Å². The van der Waals surface area contributed by atoms with E-state index in [9.17, 15) is 9.59 Å². The van der Waals surface area contributed by atoms with Crippen molar-refractivity contribution >= 4 is 17.6 Å². The predicted molar refractivity (Wildman–Crippen MR) is 73.7 cm³/mol. The lowest BCUT2D eigenvalue weighted by atomic mass is 10.0. The van der Waals surface area contributed by atoms with Gasteiger partial charge in [0.15, 0.2) is 0 Å². The Hall–Kier alpha value is -2.08. The second-order valence-corrected chi connectivity index (χ2v) is 5.19. The normalized spacial score (nSPS) is 16.8. The molecule has 0 saturated carbocycles. The summed E-state index contributed by atoms with van der Waals surface area (Å²) < 4.78 is 5.53. The number of nitrogens with one attached hydrogen (secondary N) is 1. The van der Waals surface area contributed by atoms with Crippen LogP contribution in [0, 0.1) is 0 Å². The molecule has 1 aliphatic heterocycles. The van der Waals surface area contributed by atoms with Crippen LogP contribution in [0.15, 0.2) is 18.2 Å². The highest BCUT2D eigenvalue weighted by Gasteiger charge is 2.27. The van der Waals surface area contributed by atoms with Crippen LogP contribution in [0.25, 0.3) is 0 Å². The van der Waals surface area contributed by atoms with Crippen LogP contribution in [0.4, 0.5) is 5.69 Å². The first kappa shape index (κ1) is 14.3. The van der Waals surface area contributed by atoms with Gasteiger partial charge in [-0.2, -0.15) is 0 Å². The number of carboxylic acid groups (broad SMARTS) is 1. The van der Waals surface area contributed by atoms with E-state index in [2.05, 4.69) is 5.32 Å². The van der Waals surface area contributed by atoms with E-state index in [1.807, 2.05) is 6.07 Å². The van der Waals surface area contributed by atoms with E-state index in [-0.39, 0.29) is 18.9 Å². The Labute approximate surface area is 116 Å². The maximum atomic E-state index is 11.2. The Balaban J connectivity index is 1.95. The number of fused-ring (bicyclic) bond motifs is 1. The summed E-state index contributed by atoms with van der Waals surface area (Å²) >= 11 is 0. The van der Waals surface area contributed by atoms with Crippen LogP contribution < -0.4 is 15.8 Å². The van der Waals surface area contributed by atoms with E-state index in [0.717, 1.165) is 11.3 Å². The van der Waals surface area contributed by atoms with Gasteiger partial charge >= 0.3 is 5.97 Å². The third-order valence-corrected chi connectivity index (χ3v) is 3.35. The molecule has 6 nitrogen and oxygen atoms in total. The molecular formula is C14H18N2O4. The van der Waals surface area contributed by atoms with Crippen molar-refractivity contribution in [1.29, 1.82) is 0 Å². The van der Waals surface area contributed by atoms with E-state index in [0.29, 0.717) is 18.6 Å². The molecule has 0 aromatic heterocycles. The van der Waals surface area contributed by atoms with Crippen molar-refractivity contribution in [2.45, 2.75) is 31.7 Å². The lowest BCUT2D eigenvalue weighted by Gasteiger charge is -2.20. The van der Waals surface area contributed by atoms with E-state index in [1.165, 1.54) is 6.92 Å². The predicted octanol–water partition coefficient (Wildman–Crippen LogP) is 1.14. The molecule has 1 aliphatic rings. The van der Waals surface area contributed by atoms with Gasteiger partial charge in [-0.05, 0) is 37.1 Å². The topological polar surface area (TPSA) is 102 Å². The molecule has 1 atom stereocenters. The van der Waals surface area contributed by atoms with Crippen LogP contribution in [0.1, 0.15) is 25.3 Å². The summed E-state index contributed by atoms with van der Waals surface area (Å²) in [6, 6.07) is 5.41. The fourth-order valence-corrected chi connectivity index (χ4v) is 1.94. The molecule has 1 unspecified atom stereocenters. The molecule has 20 heavy (non-hydrogen) atoms. The standard InChI is InChI=1S/C14H18N2O4/c1-14(15,13(18)19)6-7-20-10-3-4-11-9(8-10)2-5-12(17)16-11/h3-4,8H,2,5-7,15H2,1H3,(H,16,17)(H,18,19). The number of amides is 1.